The van der Waals surface area contributed by atoms with Gasteiger partial charge in [0.1, 0.15) is 5.75 Å². The number of nitrogens with one attached hydrogen (secondary N) is 1. The number of nitrogens with zero attached hydrogens (tertiary/aromatic N) is 1. The molecule has 3 N–H and O–H groups in total. The van der Waals surface area contributed by atoms with Crippen LogP contribution in [0.25, 0.3) is 0 Å². The van der Waals surface area contributed by atoms with Crippen LogP contribution in [0.5, 0.6) is 5.75 Å². The number of carbonyl (C=O) groups is 2. The number of ether oxygens (including phenoxy) is 1. The van der Waals surface area contributed by atoms with Gasteiger partial charge in [-0.2, -0.15) is 0 Å². The molecule has 0 spiro atoms. The van der Waals surface area contributed by atoms with E-state index in [1.54, 1.807) is 18.2 Å². The minimum atomic E-state index is -3.61. The Morgan fingerprint density at radius 2 is 2.14 bits per heavy atom. The van der Waals surface area contributed by atoms with Crippen LogP contribution in [0.1, 0.15) is 6.42 Å². The lowest BCUT2D eigenvalue weighted by atomic mass is 10.1. The first-order valence-electron chi connectivity index (χ1n) is 6.69. The topological polar surface area (TPSA) is 119 Å². The van der Waals surface area contributed by atoms with Crippen LogP contribution in [-0.2, 0) is 19.6 Å². The van der Waals surface area contributed by atoms with Gasteiger partial charge in [0.05, 0.1) is 11.4 Å². The van der Waals surface area contributed by atoms with Crippen molar-refractivity contribution in [2.45, 2.75) is 6.42 Å². The number of rotatable bonds is 3. The van der Waals surface area contributed by atoms with Crippen molar-refractivity contribution in [3.63, 3.8) is 0 Å². The highest BCUT2D eigenvalue weighted by Gasteiger charge is 2.33. The van der Waals surface area contributed by atoms with Crippen molar-refractivity contribution in [2.75, 3.05) is 29.1 Å². The zero-order chi connectivity index (χ0) is 15.9. The Bertz CT molecular complexity index is 746. The zero-order valence-electron chi connectivity index (χ0n) is 11.6. The number of primary sulfonamides is 1. The molecular formula is C13H15N3O5S. The number of hydrogen-bond acceptors (Lipinski definition) is 5. The number of hydrogen-bond donors (Lipinski definition) is 2. The average Bonchev–Trinajstić information content (AvgIpc) is 2.76. The number of benzene rings is 1. The molecule has 8 nitrogen and oxygen atoms in total. The monoisotopic (exact) mass is 325 g/mol. The SMILES string of the molecule is NS(=O)(=O)CC1CC(=O)N(c2ccc3c(c2)OCC(=O)N3)C1. The molecule has 1 aromatic carbocycles. The highest BCUT2D eigenvalue weighted by Crippen LogP contribution is 2.34. The normalized spacial score (nSPS) is 21.3. The van der Waals surface area contributed by atoms with E-state index < -0.39 is 10.0 Å². The highest BCUT2D eigenvalue weighted by atomic mass is 32.2. The quantitative estimate of drug-likeness (QED) is 0.788. The second-order valence-corrected chi connectivity index (χ2v) is 7.08. The Hall–Kier alpha value is -2.13. The van der Waals surface area contributed by atoms with Crippen LogP contribution < -0.4 is 20.1 Å². The largest absolute Gasteiger partial charge is 0.482 e. The highest BCUT2D eigenvalue weighted by molar-refractivity contribution is 7.89. The molecule has 1 aromatic rings. The van der Waals surface area contributed by atoms with Gasteiger partial charge in [-0.3, -0.25) is 9.59 Å². The first kappa shape index (κ1) is 14.8. The van der Waals surface area contributed by atoms with Crippen molar-refractivity contribution in [2.24, 2.45) is 11.1 Å². The van der Waals surface area contributed by atoms with Gasteiger partial charge in [0.15, 0.2) is 6.61 Å². The molecule has 2 aliphatic rings. The van der Waals surface area contributed by atoms with Gasteiger partial charge in [0.25, 0.3) is 5.91 Å². The van der Waals surface area contributed by atoms with E-state index in [2.05, 4.69) is 5.32 Å². The van der Waals surface area contributed by atoms with Crippen molar-refractivity contribution in [1.82, 2.24) is 0 Å². The first-order chi connectivity index (χ1) is 10.3. The second kappa shape index (κ2) is 5.25. The standard InChI is InChI=1S/C13H15N3O5S/c14-22(19,20)7-8-3-13(18)16(5-8)9-1-2-10-11(4-9)21-6-12(17)15-10/h1-2,4,8H,3,5-7H2,(H,15,17)(H2,14,19,20). The molecule has 0 saturated carbocycles. The fourth-order valence-corrected chi connectivity index (χ4v) is 3.58. The van der Waals surface area contributed by atoms with Gasteiger partial charge in [0.2, 0.25) is 15.9 Å². The predicted molar refractivity (Wildman–Crippen MR) is 79.0 cm³/mol. The molecule has 1 fully saturated rings. The summed E-state index contributed by atoms with van der Waals surface area (Å²) >= 11 is 0. The molecular weight excluding hydrogens is 310 g/mol. The van der Waals surface area contributed by atoms with E-state index in [0.29, 0.717) is 23.7 Å². The van der Waals surface area contributed by atoms with Crippen LogP contribution in [0, 0.1) is 5.92 Å². The Morgan fingerprint density at radius 1 is 1.36 bits per heavy atom. The molecule has 0 aromatic heterocycles. The third kappa shape index (κ3) is 3.04. The van der Waals surface area contributed by atoms with Crippen molar-refractivity contribution < 1.29 is 22.7 Å². The van der Waals surface area contributed by atoms with E-state index in [9.17, 15) is 18.0 Å². The summed E-state index contributed by atoms with van der Waals surface area (Å²) in [5, 5.41) is 7.70. The molecule has 22 heavy (non-hydrogen) atoms. The maximum Gasteiger partial charge on any atom is 0.262 e. The minimum Gasteiger partial charge on any atom is -0.482 e. The Morgan fingerprint density at radius 3 is 2.86 bits per heavy atom. The van der Waals surface area contributed by atoms with E-state index in [4.69, 9.17) is 9.88 Å². The van der Waals surface area contributed by atoms with Gasteiger partial charge >= 0.3 is 0 Å². The third-order valence-electron chi connectivity index (χ3n) is 3.58. The van der Waals surface area contributed by atoms with Crippen LogP contribution in [0.4, 0.5) is 11.4 Å². The van der Waals surface area contributed by atoms with E-state index in [0.717, 1.165) is 0 Å². The van der Waals surface area contributed by atoms with Gasteiger partial charge in [0, 0.05) is 30.6 Å². The summed E-state index contributed by atoms with van der Waals surface area (Å²) < 4.78 is 27.6. The minimum absolute atomic E-state index is 0.0710. The van der Waals surface area contributed by atoms with Crippen LogP contribution >= 0.6 is 0 Å². The Labute approximate surface area is 127 Å². The molecule has 0 aliphatic carbocycles. The molecule has 9 heteroatoms. The molecule has 2 aliphatic heterocycles. The fourth-order valence-electron chi connectivity index (χ4n) is 2.70. The molecule has 118 valence electrons. The van der Waals surface area contributed by atoms with Crippen LogP contribution in [0.2, 0.25) is 0 Å². The average molecular weight is 325 g/mol. The van der Waals surface area contributed by atoms with Crippen molar-refractivity contribution in [3.8, 4) is 5.75 Å². The first-order valence-corrected chi connectivity index (χ1v) is 8.41. The molecule has 0 bridgehead atoms. The molecule has 3 rings (SSSR count). The fraction of sp³-hybridized carbons (Fsp3) is 0.385. The van der Waals surface area contributed by atoms with Gasteiger partial charge < -0.3 is 15.0 Å². The third-order valence-corrected chi connectivity index (χ3v) is 4.52. The number of carbonyl (C=O) groups excluding carboxylic acids is 2. The lowest BCUT2D eigenvalue weighted by molar-refractivity contribution is -0.119. The number of anilines is 2. The number of nitrogens with two attached hydrogens (primary N) is 1. The lowest BCUT2D eigenvalue weighted by Gasteiger charge is -2.22. The summed E-state index contributed by atoms with van der Waals surface area (Å²) in [7, 11) is -3.61. The Balaban J connectivity index is 1.80. The maximum atomic E-state index is 12.1. The summed E-state index contributed by atoms with van der Waals surface area (Å²) in [4.78, 5) is 24.8. The summed E-state index contributed by atoms with van der Waals surface area (Å²) in [6, 6.07) is 5.00. The summed E-state index contributed by atoms with van der Waals surface area (Å²) in [5.74, 6) is -0.440. The second-order valence-electron chi connectivity index (χ2n) is 5.42. The van der Waals surface area contributed by atoms with Crippen molar-refractivity contribution in [1.29, 1.82) is 0 Å². The van der Waals surface area contributed by atoms with E-state index in [-0.39, 0.29) is 36.5 Å². The van der Waals surface area contributed by atoms with Crippen LogP contribution in [0.15, 0.2) is 18.2 Å². The zero-order valence-corrected chi connectivity index (χ0v) is 12.4. The predicted octanol–water partition coefficient (Wildman–Crippen LogP) is -0.341. The molecule has 2 amide bonds. The van der Waals surface area contributed by atoms with Crippen molar-refractivity contribution in [3.05, 3.63) is 18.2 Å². The summed E-state index contributed by atoms with van der Waals surface area (Å²) in [5.41, 5.74) is 1.16. The van der Waals surface area contributed by atoms with Gasteiger partial charge in [-0.1, -0.05) is 0 Å². The number of sulfonamides is 1. The molecule has 1 unspecified atom stereocenters. The summed E-state index contributed by atoms with van der Waals surface area (Å²) in [6.07, 6.45) is 0.144. The molecule has 1 saturated heterocycles. The van der Waals surface area contributed by atoms with Crippen LogP contribution in [-0.4, -0.2) is 39.1 Å². The van der Waals surface area contributed by atoms with Gasteiger partial charge in [-0.05, 0) is 12.1 Å². The van der Waals surface area contributed by atoms with Gasteiger partial charge in [-0.25, -0.2) is 13.6 Å². The molecule has 0 radical (unpaired) electrons. The van der Waals surface area contributed by atoms with E-state index >= 15 is 0 Å². The maximum absolute atomic E-state index is 12.1. The van der Waals surface area contributed by atoms with Crippen LogP contribution in [0.3, 0.4) is 0 Å². The lowest BCUT2D eigenvalue weighted by Crippen LogP contribution is -2.28. The number of fused-ring (bicyclic) bond motifs is 1. The Kier molecular flexibility index (Phi) is 3.53. The number of amides is 2. The molecule has 2 heterocycles. The van der Waals surface area contributed by atoms with Gasteiger partial charge in [-0.15, -0.1) is 0 Å². The smallest absolute Gasteiger partial charge is 0.262 e. The van der Waals surface area contributed by atoms with Crippen molar-refractivity contribution >= 4 is 33.2 Å². The van der Waals surface area contributed by atoms with E-state index in [1.165, 1.54) is 4.90 Å². The van der Waals surface area contributed by atoms with E-state index in [1.807, 2.05) is 0 Å². The summed E-state index contributed by atoms with van der Waals surface area (Å²) in [6.45, 7) is 0.221. The molecule has 1 atom stereocenters.